The van der Waals surface area contributed by atoms with Gasteiger partial charge in [0, 0.05) is 18.8 Å². The van der Waals surface area contributed by atoms with Crippen molar-refractivity contribution in [2.75, 3.05) is 20.1 Å². The lowest BCUT2D eigenvalue weighted by atomic mass is 10.3. The second-order valence-electron chi connectivity index (χ2n) is 4.56. The quantitative estimate of drug-likeness (QED) is 0.792. The van der Waals surface area contributed by atoms with Crippen LogP contribution in [0.2, 0.25) is 0 Å². The Balaban J connectivity index is 2.13. The zero-order chi connectivity index (χ0) is 14.0. The number of pyridine rings is 1. The molecule has 0 aromatic carbocycles. The SMILES string of the molecule is CN1CCC(NS(=O)(=O)c2ccc(C(=O)O)cn2)C1. The first kappa shape index (κ1) is 13.9. The van der Waals surface area contributed by atoms with Gasteiger partial charge in [-0.2, -0.15) is 0 Å². The first-order valence-electron chi connectivity index (χ1n) is 5.79. The summed E-state index contributed by atoms with van der Waals surface area (Å²) in [6.45, 7) is 1.50. The lowest BCUT2D eigenvalue weighted by Gasteiger charge is -2.12. The van der Waals surface area contributed by atoms with Crippen LogP contribution in [-0.2, 0) is 10.0 Å². The third kappa shape index (κ3) is 3.28. The number of hydrogen-bond acceptors (Lipinski definition) is 5. The normalized spacial score (nSPS) is 20.6. The Hall–Kier alpha value is -1.51. The Bertz CT molecular complexity index is 570. The standard InChI is InChI=1S/C11H15N3O4S/c1-14-5-4-9(7-14)13-19(17,18)10-3-2-8(6-12-10)11(15)16/h2-3,6,9,13H,4-5,7H2,1H3,(H,15,16). The van der Waals surface area contributed by atoms with Gasteiger partial charge >= 0.3 is 5.97 Å². The van der Waals surface area contributed by atoms with Crippen LogP contribution in [0.3, 0.4) is 0 Å². The molecule has 1 aromatic rings. The molecule has 0 spiro atoms. The summed E-state index contributed by atoms with van der Waals surface area (Å²) >= 11 is 0. The largest absolute Gasteiger partial charge is 0.478 e. The minimum absolute atomic E-state index is 0.0421. The van der Waals surface area contributed by atoms with Gasteiger partial charge in [0.2, 0.25) is 0 Å². The molecule has 1 saturated heterocycles. The van der Waals surface area contributed by atoms with E-state index in [0.717, 1.165) is 19.2 Å². The van der Waals surface area contributed by atoms with Crippen molar-refractivity contribution in [3.05, 3.63) is 23.9 Å². The Kier molecular flexibility index (Phi) is 3.83. The minimum atomic E-state index is -3.69. The fraction of sp³-hybridized carbons (Fsp3) is 0.455. The Morgan fingerprint density at radius 3 is 2.74 bits per heavy atom. The third-order valence-electron chi connectivity index (χ3n) is 2.97. The van der Waals surface area contributed by atoms with Crippen LogP contribution < -0.4 is 4.72 Å². The third-order valence-corrected chi connectivity index (χ3v) is 4.41. The van der Waals surface area contributed by atoms with Crippen LogP contribution in [0.5, 0.6) is 0 Å². The molecule has 2 N–H and O–H groups in total. The van der Waals surface area contributed by atoms with E-state index < -0.39 is 16.0 Å². The van der Waals surface area contributed by atoms with E-state index in [1.165, 1.54) is 12.1 Å². The van der Waals surface area contributed by atoms with E-state index in [1.807, 2.05) is 11.9 Å². The Morgan fingerprint density at radius 2 is 2.26 bits per heavy atom. The van der Waals surface area contributed by atoms with Crippen LogP contribution in [0.15, 0.2) is 23.4 Å². The molecule has 0 saturated carbocycles. The number of aromatic nitrogens is 1. The van der Waals surface area contributed by atoms with Gasteiger partial charge in [0.1, 0.15) is 0 Å². The number of nitrogens with zero attached hydrogens (tertiary/aromatic N) is 2. The molecule has 0 amide bonds. The van der Waals surface area contributed by atoms with Crippen LogP contribution in [-0.4, -0.2) is 55.6 Å². The van der Waals surface area contributed by atoms with E-state index >= 15 is 0 Å². The smallest absolute Gasteiger partial charge is 0.337 e. The van der Waals surface area contributed by atoms with E-state index in [4.69, 9.17) is 5.11 Å². The first-order chi connectivity index (χ1) is 8.88. The van der Waals surface area contributed by atoms with Crippen LogP contribution in [0.1, 0.15) is 16.8 Å². The topological polar surface area (TPSA) is 99.6 Å². The number of sulfonamides is 1. The predicted octanol–water partition coefficient (Wildman–Crippen LogP) is -0.238. The van der Waals surface area contributed by atoms with E-state index in [1.54, 1.807) is 0 Å². The summed E-state index contributed by atoms with van der Waals surface area (Å²) in [7, 11) is -1.77. The van der Waals surface area contributed by atoms with Gasteiger partial charge in [-0.15, -0.1) is 0 Å². The lowest BCUT2D eigenvalue weighted by molar-refractivity contribution is 0.0696. The van der Waals surface area contributed by atoms with Crippen molar-refractivity contribution in [1.29, 1.82) is 0 Å². The highest BCUT2D eigenvalue weighted by Crippen LogP contribution is 2.12. The summed E-state index contributed by atoms with van der Waals surface area (Å²) in [6, 6.07) is 2.30. The van der Waals surface area contributed by atoms with Crippen molar-refractivity contribution >= 4 is 16.0 Å². The molecule has 1 aliphatic rings. The van der Waals surface area contributed by atoms with Gasteiger partial charge < -0.3 is 10.0 Å². The van der Waals surface area contributed by atoms with Crippen molar-refractivity contribution in [3.63, 3.8) is 0 Å². The number of likely N-dealkylation sites (N-methyl/N-ethyl adjacent to an activating group) is 1. The Morgan fingerprint density at radius 1 is 1.53 bits per heavy atom. The van der Waals surface area contributed by atoms with Crippen molar-refractivity contribution in [2.45, 2.75) is 17.5 Å². The summed E-state index contributed by atoms with van der Waals surface area (Å²) in [6.07, 6.45) is 1.79. The van der Waals surface area contributed by atoms with Gasteiger partial charge in [0.05, 0.1) is 5.56 Å². The molecule has 1 aromatic heterocycles. The Labute approximate surface area is 111 Å². The van der Waals surface area contributed by atoms with Crippen LogP contribution in [0.25, 0.3) is 0 Å². The summed E-state index contributed by atoms with van der Waals surface area (Å²) < 4.78 is 26.6. The number of aromatic carboxylic acids is 1. The van der Waals surface area contributed by atoms with Gasteiger partial charge in [-0.25, -0.2) is 22.9 Å². The fourth-order valence-corrected chi connectivity index (χ4v) is 3.17. The lowest BCUT2D eigenvalue weighted by Crippen LogP contribution is -2.36. The van der Waals surface area contributed by atoms with Crippen LogP contribution in [0.4, 0.5) is 0 Å². The molecule has 0 radical (unpaired) electrons. The van der Waals surface area contributed by atoms with Crippen molar-refractivity contribution in [2.24, 2.45) is 0 Å². The van der Waals surface area contributed by atoms with Crippen LogP contribution >= 0.6 is 0 Å². The maximum atomic E-state index is 12.0. The van der Waals surface area contributed by atoms with Crippen molar-refractivity contribution in [3.8, 4) is 0 Å². The van der Waals surface area contributed by atoms with Gasteiger partial charge in [-0.1, -0.05) is 0 Å². The number of carbonyl (C=O) groups is 1. The number of hydrogen-bond donors (Lipinski definition) is 2. The molecule has 1 atom stereocenters. The minimum Gasteiger partial charge on any atom is -0.478 e. The molecular formula is C11H15N3O4S. The molecule has 7 nitrogen and oxygen atoms in total. The monoisotopic (exact) mass is 285 g/mol. The van der Waals surface area contributed by atoms with E-state index in [2.05, 4.69) is 9.71 Å². The molecule has 1 unspecified atom stereocenters. The summed E-state index contributed by atoms with van der Waals surface area (Å²) in [5.41, 5.74) is -0.0421. The zero-order valence-corrected chi connectivity index (χ0v) is 11.2. The second-order valence-corrected chi connectivity index (χ2v) is 6.22. The summed E-state index contributed by atoms with van der Waals surface area (Å²) in [4.78, 5) is 16.4. The highest BCUT2D eigenvalue weighted by atomic mass is 32.2. The van der Waals surface area contributed by atoms with Crippen molar-refractivity contribution in [1.82, 2.24) is 14.6 Å². The molecule has 2 rings (SSSR count). The number of rotatable bonds is 4. The van der Waals surface area contributed by atoms with Gasteiger partial charge in [-0.05, 0) is 32.1 Å². The number of likely N-dealkylation sites (tertiary alicyclic amines) is 1. The second kappa shape index (κ2) is 5.24. The zero-order valence-electron chi connectivity index (χ0n) is 10.4. The molecule has 0 aliphatic carbocycles. The fourth-order valence-electron chi connectivity index (χ4n) is 1.98. The number of carboxylic acid groups (broad SMARTS) is 1. The van der Waals surface area contributed by atoms with Gasteiger partial charge in [0.15, 0.2) is 5.03 Å². The molecule has 19 heavy (non-hydrogen) atoms. The predicted molar refractivity (Wildman–Crippen MR) is 67.4 cm³/mol. The maximum Gasteiger partial charge on any atom is 0.337 e. The van der Waals surface area contributed by atoms with E-state index in [-0.39, 0.29) is 16.6 Å². The maximum absolute atomic E-state index is 12.0. The molecule has 0 bridgehead atoms. The molecule has 1 fully saturated rings. The summed E-state index contributed by atoms with van der Waals surface area (Å²) in [5.74, 6) is -1.14. The van der Waals surface area contributed by atoms with Gasteiger partial charge in [-0.3, -0.25) is 0 Å². The van der Waals surface area contributed by atoms with E-state index in [9.17, 15) is 13.2 Å². The van der Waals surface area contributed by atoms with E-state index in [0.29, 0.717) is 6.54 Å². The highest BCUT2D eigenvalue weighted by Gasteiger charge is 2.26. The molecule has 8 heteroatoms. The average molecular weight is 285 g/mol. The van der Waals surface area contributed by atoms with Gasteiger partial charge in [0.25, 0.3) is 10.0 Å². The highest BCUT2D eigenvalue weighted by molar-refractivity contribution is 7.89. The van der Waals surface area contributed by atoms with Crippen molar-refractivity contribution < 1.29 is 18.3 Å². The van der Waals surface area contributed by atoms with Crippen LogP contribution in [0, 0.1) is 0 Å². The average Bonchev–Trinajstić information content (AvgIpc) is 2.74. The first-order valence-corrected chi connectivity index (χ1v) is 7.27. The summed E-state index contributed by atoms with van der Waals surface area (Å²) in [5, 5.41) is 8.57. The molecule has 104 valence electrons. The molecular weight excluding hydrogens is 270 g/mol. The number of carboxylic acids is 1. The number of nitrogens with one attached hydrogen (secondary N) is 1. The molecule has 2 heterocycles. The molecule has 1 aliphatic heterocycles.